The van der Waals surface area contributed by atoms with Gasteiger partial charge >= 0.3 is 6.18 Å². The SMILES string of the molecule is O=C1C(Oc2ccccc2C(F)(F)F)CCN1c1ccc(S(=O)(=O)Nc2nccs2)cc1. The molecule has 32 heavy (non-hydrogen) atoms. The van der Waals surface area contributed by atoms with Gasteiger partial charge in [-0.05, 0) is 36.4 Å². The van der Waals surface area contributed by atoms with Crippen LogP contribution >= 0.6 is 11.3 Å². The van der Waals surface area contributed by atoms with Gasteiger partial charge in [-0.25, -0.2) is 13.4 Å². The van der Waals surface area contributed by atoms with Crippen LogP contribution in [0.3, 0.4) is 0 Å². The van der Waals surface area contributed by atoms with Gasteiger partial charge in [0.1, 0.15) is 5.75 Å². The highest BCUT2D eigenvalue weighted by atomic mass is 32.2. The Balaban J connectivity index is 1.48. The van der Waals surface area contributed by atoms with Crippen molar-refractivity contribution in [1.29, 1.82) is 0 Å². The maximum atomic E-state index is 13.2. The molecular formula is C20H16F3N3O4S2. The summed E-state index contributed by atoms with van der Waals surface area (Å²) in [5, 5.41) is 1.86. The zero-order chi connectivity index (χ0) is 22.9. The van der Waals surface area contributed by atoms with E-state index < -0.39 is 39.5 Å². The third-order valence-corrected chi connectivity index (χ3v) is 6.90. The summed E-state index contributed by atoms with van der Waals surface area (Å²) >= 11 is 1.13. The van der Waals surface area contributed by atoms with Gasteiger partial charge in [0.15, 0.2) is 11.2 Å². The Bertz CT molecular complexity index is 1210. The molecule has 1 unspecified atom stereocenters. The van der Waals surface area contributed by atoms with Crippen LogP contribution in [0.2, 0.25) is 0 Å². The lowest BCUT2D eigenvalue weighted by Crippen LogP contribution is -2.32. The molecule has 1 aliphatic rings. The summed E-state index contributed by atoms with van der Waals surface area (Å²) in [6.07, 6.45) is -4.02. The van der Waals surface area contributed by atoms with E-state index in [4.69, 9.17) is 4.74 Å². The van der Waals surface area contributed by atoms with Crippen LogP contribution in [-0.4, -0.2) is 32.0 Å². The molecule has 0 bridgehead atoms. The first-order valence-corrected chi connectivity index (χ1v) is 11.7. The Morgan fingerprint density at radius 1 is 1.12 bits per heavy atom. The predicted molar refractivity (Wildman–Crippen MR) is 112 cm³/mol. The molecular weight excluding hydrogens is 467 g/mol. The lowest BCUT2D eigenvalue weighted by atomic mass is 10.2. The van der Waals surface area contributed by atoms with E-state index in [2.05, 4.69) is 9.71 Å². The van der Waals surface area contributed by atoms with Crippen molar-refractivity contribution >= 4 is 38.1 Å². The van der Waals surface area contributed by atoms with Gasteiger partial charge < -0.3 is 9.64 Å². The van der Waals surface area contributed by atoms with E-state index in [1.54, 1.807) is 5.38 Å². The molecule has 1 amide bonds. The highest BCUT2D eigenvalue weighted by Gasteiger charge is 2.38. The topological polar surface area (TPSA) is 88.6 Å². The van der Waals surface area contributed by atoms with Gasteiger partial charge in [-0.3, -0.25) is 9.52 Å². The number of alkyl halides is 3. The van der Waals surface area contributed by atoms with Gasteiger partial charge in [0, 0.05) is 30.2 Å². The predicted octanol–water partition coefficient (Wildman–Crippen LogP) is 4.15. The molecule has 4 rings (SSSR count). The van der Waals surface area contributed by atoms with Crippen molar-refractivity contribution in [1.82, 2.24) is 4.98 Å². The molecule has 2 aromatic carbocycles. The lowest BCUT2D eigenvalue weighted by Gasteiger charge is -2.19. The zero-order valence-electron chi connectivity index (χ0n) is 16.2. The monoisotopic (exact) mass is 483 g/mol. The summed E-state index contributed by atoms with van der Waals surface area (Å²) in [4.78, 5) is 18.0. The summed E-state index contributed by atoms with van der Waals surface area (Å²) in [5.74, 6) is -0.909. The minimum Gasteiger partial charge on any atom is -0.480 e. The van der Waals surface area contributed by atoms with Gasteiger partial charge in [0.2, 0.25) is 0 Å². The third-order valence-electron chi connectivity index (χ3n) is 4.73. The Morgan fingerprint density at radius 2 is 1.84 bits per heavy atom. The summed E-state index contributed by atoms with van der Waals surface area (Å²) in [6.45, 7) is 0.223. The van der Waals surface area contributed by atoms with Gasteiger partial charge in [-0.2, -0.15) is 13.2 Å². The number of para-hydroxylation sites is 1. The van der Waals surface area contributed by atoms with Crippen molar-refractivity contribution < 1.29 is 31.1 Å². The highest BCUT2D eigenvalue weighted by Crippen LogP contribution is 2.37. The molecule has 12 heteroatoms. The van der Waals surface area contributed by atoms with E-state index in [9.17, 15) is 26.4 Å². The maximum absolute atomic E-state index is 13.2. The summed E-state index contributed by atoms with van der Waals surface area (Å²) in [7, 11) is -3.84. The number of ether oxygens (including phenoxy) is 1. The van der Waals surface area contributed by atoms with Gasteiger partial charge in [-0.15, -0.1) is 11.3 Å². The molecule has 1 aliphatic heterocycles. The van der Waals surface area contributed by atoms with Crippen molar-refractivity contribution in [3.05, 3.63) is 65.7 Å². The van der Waals surface area contributed by atoms with Crippen LogP contribution in [0, 0.1) is 0 Å². The highest BCUT2D eigenvalue weighted by molar-refractivity contribution is 7.93. The van der Waals surface area contributed by atoms with Crippen LogP contribution in [-0.2, 0) is 21.0 Å². The minimum absolute atomic E-state index is 0.0185. The van der Waals surface area contributed by atoms with Crippen molar-refractivity contribution in [2.75, 3.05) is 16.2 Å². The van der Waals surface area contributed by atoms with Gasteiger partial charge in [-0.1, -0.05) is 12.1 Å². The number of anilines is 2. The molecule has 0 saturated carbocycles. The van der Waals surface area contributed by atoms with Crippen molar-refractivity contribution in [2.24, 2.45) is 0 Å². The molecule has 1 aromatic heterocycles. The van der Waals surface area contributed by atoms with Crippen LogP contribution < -0.4 is 14.4 Å². The number of amides is 1. The molecule has 168 valence electrons. The first-order valence-electron chi connectivity index (χ1n) is 9.32. The van der Waals surface area contributed by atoms with E-state index in [-0.39, 0.29) is 23.0 Å². The number of benzene rings is 2. The van der Waals surface area contributed by atoms with E-state index in [0.717, 1.165) is 17.4 Å². The van der Waals surface area contributed by atoms with Crippen molar-refractivity contribution in [3.63, 3.8) is 0 Å². The minimum atomic E-state index is -4.61. The number of hydrogen-bond acceptors (Lipinski definition) is 6. The number of hydrogen-bond donors (Lipinski definition) is 1. The smallest absolute Gasteiger partial charge is 0.419 e. The normalized spacial score (nSPS) is 16.9. The number of sulfonamides is 1. The fourth-order valence-electron chi connectivity index (χ4n) is 3.23. The molecule has 0 spiro atoms. The Labute approximate surface area is 185 Å². The standard InChI is InChI=1S/C20H16F3N3O4S2/c21-20(22,23)15-3-1-2-4-16(15)30-17-9-11-26(18(17)27)13-5-7-14(8-6-13)32(28,29)25-19-24-10-12-31-19/h1-8,10,12,17H,9,11H2,(H,24,25). The molecule has 1 fully saturated rings. The second kappa shape index (κ2) is 8.43. The van der Waals surface area contributed by atoms with Gasteiger partial charge in [0.05, 0.1) is 10.5 Å². The molecule has 3 aromatic rings. The number of aromatic nitrogens is 1. The van der Waals surface area contributed by atoms with Crippen LogP contribution in [0.25, 0.3) is 0 Å². The number of carbonyl (C=O) groups excluding carboxylic acids is 1. The van der Waals surface area contributed by atoms with Crippen LogP contribution in [0.5, 0.6) is 5.75 Å². The number of halogens is 3. The Kier molecular flexibility index (Phi) is 5.82. The van der Waals surface area contributed by atoms with Crippen molar-refractivity contribution in [3.8, 4) is 5.75 Å². The molecule has 1 N–H and O–H groups in total. The number of thiazole rings is 1. The fourth-order valence-corrected chi connectivity index (χ4v) is 5.02. The summed E-state index contributed by atoms with van der Waals surface area (Å²) in [5.41, 5.74) is -0.535. The second-order valence-electron chi connectivity index (χ2n) is 6.82. The van der Waals surface area contributed by atoms with E-state index in [0.29, 0.717) is 5.69 Å². The van der Waals surface area contributed by atoms with E-state index in [1.807, 2.05) is 0 Å². The maximum Gasteiger partial charge on any atom is 0.419 e. The summed E-state index contributed by atoms with van der Waals surface area (Å²) < 4.78 is 72.2. The first kappa shape index (κ1) is 22.1. The molecule has 1 atom stereocenters. The van der Waals surface area contributed by atoms with Crippen LogP contribution in [0.15, 0.2) is 65.0 Å². The second-order valence-corrected chi connectivity index (χ2v) is 9.39. The van der Waals surface area contributed by atoms with Crippen LogP contribution in [0.4, 0.5) is 24.0 Å². The number of rotatable bonds is 6. The zero-order valence-corrected chi connectivity index (χ0v) is 17.9. The number of nitrogens with zero attached hydrogens (tertiary/aromatic N) is 2. The van der Waals surface area contributed by atoms with E-state index >= 15 is 0 Å². The largest absolute Gasteiger partial charge is 0.480 e. The average molecular weight is 483 g/mol. The van der Waals surface area contributed by atoms with Gasteiger partial charge in [0.25, 0.3) is 15.9 Å². The van der Waals surface area contributed by atoms with Crippen LogP contribution in [0.1, 0.15) is 12.0 Å². The average Bonchev–Trinajstić information content (AvgIpc) is 3.37. The lowest BCUT2D eigenvalue weighted by molar-refractivity contribution is -0.140. The fraction of sp³-hybridized carbons (Fsp3) is 0.200. The van der Waals surface area contributed by atoms with E-state index in [1.165, 1.54) is 53.6 Å². The summed E-state index contributed by atoms with van der Waals surface area (Å²) in [6, 6.07) is 10.3. The Hall–Kier alpha value is -3.12. The Morgan fingerprint density at radius 3 is 2.50 bits per heavy atom. The molecule has 2 heterocycles. The molecule has 1 saturated heterocycles. The first-order chi connectivity index (χ1) is 15.1. The van der Waals surface area contributed by atoms with Crippen molar-refractivity contribution in [2.45, 2.75) is 23.6 Å². The third kappa shape index (κ3) is 4.55. The number of carbonyl (C=O) groups is 1. The quantitative estimate of drug-likeness (QED) is 0.569. The molecule has 0 radical (unpaired) electrons. The number of nitrogens with one attached hydrogen (secondary N) is 1. The molecule has 7 nitrogen and oxygen atoms in total. The molecule has 0 aliphatic carbocycles.